The molecule has 74 valence electrons. The minimum Gasteiger partial charge on any atom is -0.370 e. The van der Waals surface area contributed by atoms with Crippen molar-refractivity contribution in [1.82, 2.24) is 4.90 Å². The van der Waals surface area contributed by atoms with Gasteiger partial charge in [0, 0.05) is 7.05 Å². The molecule has 3 heteroatoms. The summed E-state index contributed by atoms with van der Waals surface area (Å²) in [6.07, 6.45) is 5.17. The van der Waals surface area contributed by atoms with Gasteiger partial charge in [-0.15, -0.1) is 0 Å². The third-order valence-corrected chi connectivity index (χ3v) is 3.80. The van der Waals surface area contributed by atoms with Crippen LogP contribution in [0.15, 0.2) is 4.99 Å². The largest absolute Gasteiger partial charge is 0.370 e. The zero-order valence-electron chi connectivity index (χ0n) is 8.58. The molecule has 0 amide bonds. The smallest absolute Gasteiger partial charge is 0.191 e. The average molecular weight is 181 g/mol. The number of rotatable bonds is 0. The van der Waals surface area contributed by atoms with Gasteiger partial charge in [0.1, 0.15) is 0 Å². The molecule has 1 aliphatic carbocycles. The van der Waals surface area contributed by atoms with E-state index in [0.717, 1.165) is 18.4 Å². The van der Waals surface area contributed by atoms with Gasteiger partial charge in [0.15, 0.2) is 5.96 Å². The molecule has 0 aromatic carbocycles. The van der Waals surface area contributed by atoms with E-state index in [1.807, 2.05) is 0 Å². The molecule has 1 fully saturated rings. The summed E-state index contributed by atoms with van der Waals surface area (Å²) in [5.41, 5.74) is 6.08. The summed E-state index contributed by atoms with van der Waals surface area (Å²) >= 11 is 0. The molecule has 2 rings (SSSR count). The number of likely N-dealkylation sites (N-methyl/N-ethyl adjacent to an activating group) is 1. The van der Waals surface area contributed by atoms with Crippen molar-refractivity contribution < 1.29 is 0 Å². The van der Waals surface area contributed by atoms with Gasteiger partial charge in [-0.2, -0.15) is 0 Å². The molecule has 0 bridgehead atoms. The van der Waals surface area contributed by atoms with Crippen LogP contribution in [-0.4, -0.2) is 30.0 Å². The summed E-state index contributed by atoms with van der Waals surface area (Å²) in [6, 6.07) is 0. The van der Waals surface area contributed by atoms with Gasteiger partial charge in [-0.05, 0) is 31.6 Å². The van der Waals surface area contributed by atoms with Crippen molar-refractivity contribution in [1.29, 1.82) is 0 Å². The Hall–Kier alpha value is -0.730. The normalized spacial score (nSPS) is 39.7. The van der Waals surface area contributed by atoms with Gasteiger partial charge in [0.25, 0.3) is 0 Å². The van der Waals surface area contributed by atoms with Crippen LogP contribution in [0.4, 0.5) is 0 Å². The molecule has 1 aliphatic heterocycles. The second-order valence-corrected chi connectivity index (χ2v) is 4.64. The van der Waals surface area contributed by atoms with E-state index in [2.05, 4.69) is 23.9 Å². The van der Waals surface area contributed by atoms with Gasteiger partial charge in [-0.1, -0.05) is 6.92 Å². The fourth-order valence-corrected chi connectivity index (χ4v) is 2.48. The Morgan fingerprint density at radius 2 is 2.08 bits per heavy atom. The van der Waals surface area contributed by atoms with E-state index in [-0.39, 0.29) is 5.54 Å². The molecule has 0 unspecified atom stereocenters. The molecule has 0 aromatic rings. The SMILES string of the molecule is CC1CCC2(CC1)CN=C(N)N2C. The molecule has 1 saturated carbocycles. The third kappa shape index (κ3) is 1.30. The highest BCUT2D eigenvalue weighted by atomic mass is 15.3. The maximum Gasteiger partial charge on any atom is 0.191 e. The molecular weight excluding hydrogens is 162 g/mol. The van der Waals surface area contributed by atoms with Gasteiger partial charge >= 0.3 is 0 Å². The van der Waals surface area contributed by atoms with Crippen LogP contribution < -0.4 is 5.73 Å². The highest BCUT2D eigenvalue weighted by Crippen LogP contribution is 2.38. The molecule has 1 heterocycles. The first-order chi connectivity index (χ1) is 6.14. The van der Waals surface area contributed by atoms with Crippen LogP contribution in [0.2, 0.25) is 0 Å². The van der Waals surface area contributed by atoms with Crippen molar-refractivity contribution in [3.8, 4) is 0 Å². The Bertz CT molecular complexity index is 226. The van der Waals surface area contributed by atoms with E-state index in [4.69, 9.17) is 5.73 Å². The van der Waals surface area contributed by atoms with E-state index in [0.29, 0.717) is 0 Å². The summed E-state index contributed by atoms with van der Waals surface area (Å²) in [5.74, 6) is 1.62. The van der Waals surface area contributed by atoms with Crippen LogP contribution in [-0.2, 0) is 0 Å². The molecule has 0 saturated heterocycles. The lowest BCUT2D eigenvalue weighted by Gasteiger charge is -2.41. The van der Waals surface area contributed by atoms with Crippen molar-refractivity contribution in [2.24, 2.45) is 16.6 Å². The number of nitrogens with zero attached hydrogens (tertiary/aromatic N) is 2. The van der Waals surface area contributed by atoms with Crippen LogP contribution in [0.3, 0.4) is 0 Å². The van der Waals surface area contributed by atoms with E-state index in [9.17, 15) is 0 Å². The van der Waals surface area contributed by atoms with Gasteiger partial charge in [0.05, 0.1) is 12.1 Å². The van der Waals surface area contributed by atoms with Crippen molar-refractivity contribution in [2.75, 3.05) is 13.6 Å². The lowest BCUT2D eigenvalue weighted by atomic mass is 9.77. The van der Waals surface area contributed by atoms with Crippen molar-refractivity contribution >= 4 is 5.96 Å². The highest BCUT2D eigenvalue weighted by Gasteiger charge is 2.41. The zero-order chi connectivity index (χ0) is 9.47. The number of guanidine groups is 1. The highest BCUT2D eigenvalue weighted by molar-refractivity contribution is 5.80. The van der Waals surface area contributed by atoms with E-state index < -0.39 is 0 Å². The Morgan fingerprint density at radius 1 is 1.46 bits per heavy atom. The van der Waals surface area contributed by atoms with Crippen molar-refractivity contribution in [3.05, 3.63) is 0 Å². The number of hydrogen-bond donors (Lipinski definition) is 1. The van der Waals surface area contributed by atoms with Crippen LogP contribution in [0.5, 0.6) is 0 Å². The molecule has 1 spiro atoms. The average Bonchev–Trinajstić information content (AvgIpc) is 2.40. The van der Waals surface area contributed by atoms with E-state index in [1.54, 1.807) is 0 Å². The summed E-state index contributed by atoms with van der Waals surface area (Å²) in [7, 11) is 2.09. The maximum atomic E-state index is 5.79. The monoisotopic (exact) mass is 181 g/mol. The Labute approximate surface area is 80.0 Å². The van der Waals surface area contributed by atoms with Gasteiger partial charge in [-0.25, -0.2) is 0 Å². The predicted octanol–water partition coefficient (Wildman–Crippen LogP) is 1.20. The molecular formula is C10H19N3. The second-order valence-electron chi connectivity index (χ2n) is 4.64. The topological polar surface area (TPSA) is 41.6 Å². The number of aliphatic imine (C=N–C) groups is 1. The first kappa shape index (κ1) is 8.85. The molecule has 0 radical (unpaired) electrons. The van der Waals surface area contributed by atoms with Crippen LogP contribution >= 0.6 is 0 Å². The lowest BCUT2D eigenvalue weighted by molar-refractivity contribution is 0.142. The summed E-state index contributed by atoms with van der Waals surface area (Å²) in [5, 5.41) is 0. The standard InChI is InChI=1S/C10H19N3/c1-8-3-5-10(6-4-8)7-12-9(11)13(10)2/h8H,3-7H2,1-2H3,(H2,11,12). The Morgan fingerprint density at radius 3 is 2.54 bits per heavy atom. The van der Waals surface area contributed by atoms with Gasteiger partial charge in [-0.3, -0.25) is 4.99 Å². The Balaban J connectivity index is 2.07. The molecule has 0 aromatic heterocycles. The molecule has 2 aliphatic rings. The summed E-state index contributed by atoms with van der Waals surface area (Å²) in [4.78, 5) is 6.53. The lowest BCUT2D eigenvalue weighted by Crippen LogP contribution is -2.51. The van der Waals surface area contributed by atoms with Gasteiger partial charge in [0.2, 0.25) is 0 Å². The fraction of sp³-hybridized carbons (Fsp3) is 0.900. The molecule has 2 N–H and O–H groups in total. The van der Waals surface area contributed by atoms with Crippen molar-refractivity contribution in [3.63, 3.8) is 0 Å². The van der Waals surface area contributed by atoms with E-state index >= 15 is 0 Å². The summed E-state index contributed by atoms with van der Waals surface area (Å²) < 4.78 is 0. The molecule has 13 heavy (non-hydrogen) atoms. The predicted molar refractivity (Wildman–Crippen MR) is 54.6 cm³/mol. The zero-order valence-corrected chi connectivity index (χ0v) is 8.58. The van der Waals surface area contributed by atoms with Crippen molar-refractivity contribution in [2.45, 2.75) is 38.1 Å². The first-order valence-corrected chi connectivity index (χ1v) is 5.18. The minimum atomic E-state index is 0.288. The van der Waals surface area contributed by atoms with Crippen LogP contribution in [0.1, 0.15) is 32.6 Å². The first-order valence-electron chi connectivity index (χ1n) is 5.18. The third-order valence-electron chi connectivity index (χ3n) is 3.80. The number of nitrogens with two attached hydrogens (primary N) is 1. The number of hydrogen-bond acceptors (Lipinski definition) is 3. The van der Waals surface area contributed by atoms with E-state index in [1.165, 1.54) is 25.7 Å². The molecule has 3 nitrogen and oxygen atoms in total. The van der Waals surface area contributed by atoms with Crippen LogP contribution in [0.25, 0.3) is 0 Å². The summed E-state index contributed by atoms with van der Waals surface area (Å²) in [6.45, 7) is 3.26. The maximum absolute atomic E-state index is 5.79. The molecule has 0 atom stereocenters. The quantitative estimate of drug-likeness (QED) is 0.610. The van der Waals surface area contributed by atoms with Gasteiger partial charge < -0.3 is 10.6 Å². The fourth-order valence-electron chi connectivity index (χ4n) is 2.48. The second kappa shape index (κ2) is 2.89. The Kier molecular flexibility index (Phi) is 1.97. The minimum absolute atomic E-state index is 0.288. The van der Waals surface area contributed by atoms with Crippen LogP contribution in [0, 0.1) is 5.92 Å².